The minimum absolute atomic E-state index is 0.0441. The van der Waals surface area contributed by atoms with E-state index in [2.05, 4.69) is 26.2 Å². The molecule has 0 aliphatic rings. The standard InChI is InChI=1S/C13H13BrN2O/c1-2-7-16-13(17)10-6-8-15-12-9(10)4-3-5-11(12)14/h3-6,8H,2,7H2,1H3,(H,16,17). The van der Waals surface area contributed by atoms with Gasteiger partial charge in [0.15, 0.2) is 0 Å². The fourth-order valence-corrected chi connectivity index (χ4v) is 2.14. The molecule has 1 aromatic heterocycles. The summed E-state index contributed by atoms with van der Waals surface area (Å²) in [6.45, 7) is 2.72. The summed E-state index contributed by atoms with van der Waals surface area (Å²) < 4.78 is 0.903. The van der Waals surface area contributed by atoms with Gasteiger partial charge in [-0.15, -0.1) is 0 Å². The first kappa shape index (κ1) is 12.0. The second-order valence-corrected chi connectivity index (χ2v) is 4.60. The van der Waals surface area contributed by atoms with E-state index >= 15 is 0 Å². The number of nitrogens with zero attached hydrogens (tertiary/aromatic N) is 1. The quantitative estimate of drug-likeness (QED) is 0.944. The van der Waals surface area contributed by atoms with Crippen molar-refractivity contribution in [3.8, 4) is 0 Å². The van der Waals surface area contributed by atoms with E-state index in [-0.39, 0.29) is 5.91 Å². The topological polar surface area (TPSA) is 42.0 Å². The normalized spacial score (nSPS) is 10.5. The molecule has 3 nitrogen and oxygen atoms in total. The summed E-state index contributed by atoms with van der Waals surface area (Å²) in [5, 5.41) is 3.75. The molecule has 0 unspecified atom stereocenters. The van der Waals surface area contributed by atoms with Crippen molar-refractivity contribution in [1.29, 1.82) is 0 Å². The van der Waals surface area contributed by atoms with E-state index in [4.69, 9.17) is 0 Å². The average Bonchev–Trinajstić information content (AvgIpc) is 2.36. The third kappa shape index (κ3) is 2.47. The Balaban J connectivity index is 2.47. The highest BCUT2D eigenvalue weighted by atomic mass is 79.9. The minimum atomic E-state index is -0.0441. The van der Waals surface area contributed by atoms with Gasteiger partial charge < -0.3 is 5.32 Å². The molecular weight excluding hydrogens is 280 g/mol. The monoisotopic (exact) mass is 292 g/mol. The largest absolute Gasteiger partial charge is 0.352 e. The summed E-state index contributed by atoms with van der Waals surface area (Å²) in [6.07, 6.45) is 2.59. The maximum absolute atomic E-state index is 12.0. The highest BCUT2D eigenvalue weighted by Crippen LogP contribution is 2.24. The summed E-state index contributed by atoms with van der Waals surface area (Å²) >= 11 is 3.44. The first-order valence-electron chi connectivity index (χ1n) is 5.55. The van der Waals surface area contributed by atoms with Crippen molar-refractivity contribution in [2.45, 2.75) is 13.3 Å². The highest BCUT2D eigenvalue weighted by Gasteiger charge is 2.10. The Morgan fingerprint density at radius 2 is 2.24 bits per heavy atom. The second-order valence-electron chi connectivity index (χ2n) is 3.75. The van der Waals surface area contributed by atoms with Crippen molar-refractivity contribution >= 4 is 32.7 Å². The van der Waals surface area contributed by atoms with Gasteiger partial charge in [0.2, 0.25) is 0 Å². The molecule has 1 N–H and O–H groups in total. The zero-order chi connectivity index (χ0) is 12.3. The Morgan fingerprint density at radius 3 is 3.00 bits per heavy atom. The van der Waals surface area contributed by atoms with Crippen LogP contribution in [0, 0.1) is 0 Å². The predicted molar refractivity (Wildman–Crippen MR) is 72.1 cm³/mol. The van der Waals surface area contributed by atoms with Crippen molar-refractivity contribution in [1.82, 2.24) is 10.3 Å². The lowest BCUT2D eigenvalue weighted by Crippen LogP contribution is -2.24. The van der Waals surface area contributed by atoms with Crippen LogP contribution in [0.4, 0.5) is 0 Å². The molecule has 0 atom stereocenters. The smallest absolute Gasteiger partial charge is 0.252 e. The second kappa shape index (κ2) is 5.27. The Bertz CT molecular complexity index is 554. The molecule has 2 aromatic rings. The molecule has 88 valence electrons. The number of hydrogen-bond acceptors (Lipinski definition) is 2. The fourth-order valence-electron chi connectivity index (χ4n) is 1.67. The number of nitrogens with one attached hydrogen (secondary N) is 1. The number of carbonyl (C=O) groups excluding carboxylic acids is 1. The van der Waals surface area contributed by atoms with Gasteiger partial charge in [0, 0.05) is 22.6 Å². The van der Waals surface area contributed by atoms with Crippen molar-refractivity contribution in [3.05, 3.63) is 40.5 Å². The predicted octanol–water partition coefficient (Wildman–Crippen LogP) is 3.14. The molecule has 0 bridgehead atoms. The zero-order valence-corrected chi connectivity index (χ0v) is 11.1. The van der Waals surface area contributed by atoms with Gasteiger partial charge in [-0.25, -0.2) is 0 Å². The average molecular weight is 293 g/mol. The number of hydrogen-bond donors (Lipinski definition) is 1. The molecule has 1 aromatic carbocycles. The van der Waals surface area contributed by atoms with Crippen molar-refractivity contribution in [2.24, 2.45) is 0 Å². The number of carbonyl (C=O) groups is 1. The lowest BCUT2D eigenvalue weighted by atomic mass is 10.1. The lowest BCUT2D eigenvalue weighted by Gasteiger charge is -2.07. The number of benzene rings is 1. The van der Waals surface area contributed by atoms with Crippen LogP contribution in [0.3, 0.4) is 0 Å². The number of aromatic nitrogens is 1. The van der Waals surface area contributed by atoms with Gasteiger partial charge in [0.25, 0.3) is 5.91 Å². The summed E-state index contributed by atoms with van der Waals surface area (Å²) in [5.41, 5.74) is 1.49. The van der Waals surface area contributed by atoms with E-state index in [1.807, 2.05) is 25.1 Å². The van der Waals surface area contributed by atoms with Gasteiger partial charge >= 0.3 is 0 Å². The van der Waals surface area contributed by atoms with E-state index in [9.17, 15) is 4.79 Å². The lowest BCUT2D eigenvalue weighted by molar-refractivity contribution is 0.0955. The van der Waals surface area contributed by atoms with Crippen LogP contribution >= 0.6 is 15.9 Å². The molecule has 0 saturated heterocycles. The zero-order valence-electron chi connectivity index (χ0n) is 9.53. The summed E-state index contributed by atoms with van der Waals surface area (Å²) in [4.78, 5) is 16.3. The van der Waals surface area contributed by atoms with Gasteiger partial charge in [0.1, 0.15) is 0 Å². The van der Waals surface area contributed by atoms with Crippen LogP contribution in [0.15, 0.2) is 34.9 Å². The Labute approximate surface area is 108 Å². The van der Waals surface area contributed by atoms with Crippen molar-refractivity contribution in [2.75, 3.05) is 6.54 Å². The molecule has 0 saturated carbocycles. The van der Waals surface area contributed by atoms with Crippen LogP contribution in [-0.2, 0) is 0 Å². The molecule has 1 amide bonds. The SMILES string of the molecule is CCCNC(=O)c1ccnc2c(Br)cccc12. The van der Waals surface area contributed by atoms with Crippen LogP contribution in [0.1, 0.15) is 23.7 Å². The first-order chi connectivity index (χ1) is 8.24. The Kier molecular flexibility index (Phi) is 3.74. The fraction of sp³-hybridized carbons (Fsp3) is 0.231. The van der Waals surface area contributed by atoms with E-state index < -0.39 is 0 Å². The van der Waals surface area contributed by atoms with Gasteiger partial charge in [-0.05, 0) is 34.5 Å². The molecule has 0 aliphatic carbocycles. The minimum Gasteiger partial charge on any atom is -0.352 e. The number of rotatable bonds is 3. The molecule has 0 spiro atoms. The molecule has 2 rings (SSSR count). The third-order valence-corrected chi connectivity index (χ3v) is 3.14. The van der Waals surface area contributed by atoms with E-state index in [1.54, 1.807) is 12.3 Å². The number of pyridine rings is 1. The molecule has 1 heterocycles. The van der Waals surface area contributed by atoms with Gasteiger partial charge in [-0.3, -0.25) is 9.78 Å². The molecule has 0 radical (unpaired) electrons. The van der Waals surface area contributed by atoms with Gasteiger partial charge in [-0.2, -0.15) is 0 Å². The number of para-hydroxylation sites is 1. The maximum atomic E-state index is 12.0. The summed E-state index contributed by atoms with van der Waals surface area (Å²) in [7, 11) is 0. The third-order valence-electron chi connectivity index (χ3n) is 2.50. The molecule has 0 fully saturated rings. The van der Waals surface area contributed by atoms with Crippen molar-refractivity contribution in [3.63, 3.8) is 0 Å². The Hall–Kier alpha value is -1.42. The van der Waals surface area contributed by atoms with Crippen LogP contribution in [0.5, 0.6) is 0 Å². The molecular formula is C13H13BrN2O. The number of fused-ring (bicyclic) bond motifs is 1. The molecule has 0 aliphatic heterocycles. The maximum Gasteiger partial charge on any atom is 0.252 e. The van der Waals surface area contributed by atoms with Crippen LogP contribution in [0.25, 0.3) is 10.9 Å². The molecule has 17 heavy (non-hydrogen) atoms. The van der Waals surface area contributed by atoms with Gasteiger partial charge in [0.05, 0.1) is 11.1 Å². The van der Waals surface area contributed by atoms with Crippen LogP contribution in [0.2, 0.25) is 0 Å². The highest BCUT2D eigenvalue weighted by molar-refractivity contribution is 9.10. The Morgan fingerprint density at radius 1 is 1.41 bits per heavy atom. The van der Waals surface area contributed by atoms with E-state index in [0.29, 0.717) is 12.1 Å². The number of amides is 1. The van der Waals surface area contributed by atoms with Crippen LogP contribution in [-0.4, -0.2) is 17.4 Å². The van der Waals surface area contributed by atoms with E-state index in [0.717, 1.165) is 21.8 Å². The molecule has 4 heteroatoms. The van der Waals surface area contributed by atoms with E-state index in [1.165, 1.54) is 0 Å². The summed E-state index contributed by atoms with van der Waals surface area (Å²) in [5.74, 6) is -0.0441. The van der Waals surface area contributed by atoms with Gasteiger partial charge in [-0.1, -0.05) is 19.1 Å². The van der Waals surface area contributed by atoms with Crippen molar-refractivity contribution < 1.29 is 4.79 Å². The number of halogens is 1. The van der Waals surface area contributed by atoms with Crippen LogP contribution < -0.4 is 5.32 Å². The first-order valence-corrected chi connectivity index (χ1v) is 6.34. The summed E-state index contributed by atoms with van der Waals surface area (Å²) in [6, 6.07) is 7.49.